The Morgan fingerprint density at radius 1 is 1.25 bits per heavy atom. The average molecular weight is 292 g/mol. The maximum atomic E-state index is 12.2. The summed E-state index contributed by atoms with van der Waals surface area (Å²) in [4.78, 5) is 37.5. The van der Waals surface area contributed by atoms with Crippen LogP contribution in [-0.2, 0) is 9.59 Å². The lowest BCUT2D eigenvalue weighted by Gasteiger charge is -2.19. The summed E-state index contributed by atoms with van der Waals surface area (Å²) in [7, 11) is 0. The van der Waals surface area contributed by atoms with Crippen molar-refractivity contribution in [2.75, 3.05) is 0 Å². The number of aryl methyl sites for hydroxylation is 1. The van der Waals surface area contributed by atoms with Gasteiger partial charge in [0, 0.05) is 10.3 Å². The molecule has 1 aromatic heterocycles. The van der Waals surface area contributed by atoms with Gasteiger partial charge in [0.2, 0.25) is 0 Å². The van der Waals surface area contributed by atoms with Crippen molar-refractivity contribution in [2.24, 2.45) is 11.8 Å². The second-order valence-corrected chi connectivity index (χ2v) is 6.51. The number of fused-ring (bicyclic) bond motifs is 1. The van der Waals surface area contributed by atoms with Gasteiger partial charge in [-0.1, -0.05) is 12.8 Å². The standard InChI is InChI=1S/C14H16N2O3S/c1-8-6-9(7-20-8)12(17)15-16-13(18)10-4-2-3-5-11(10)14(16)19/h6-7,10-11H,2-5H2,1H3,(H,15,17). The Labute approximate surface area is 120 Å². The molecule has 2 atom stereocenters. The summed E-state index contributed by atoms with van der Waals surface area (Å²) in [5, 5.41) is 2.67. The van der Waals surface area contributed by atoms with E-state index in [-0.39, 0.29) is 23.7 Å². The van der Waals surface area contributed by atoms with Crippen molar-refractivity contribution >= 4 is 29.1 Å². The predicted molar refractivity (Wildman–Crippen MR) is 73.8 cm³/mol. The fourth-order valence-corrected chi connectivity index (χ4v) is 3.68. The molecule has 6 heteroatoms. The summed E-state index contributed by atoms with van der Waals surface area (Å²) in [6, 6.07) is 1.75. The number of carbonyl (C=O) groups is 3. The van der Waals surface area contributed by atoms with Crippen LogP contribution in [-0.4, -0.2) is 22.7 Å². The maximum Gasteiger partial charge on any atom is 0.271 e. The molecule has 2 heterocycles. The van der Waals surface area contributed by atoms with E-state index in [2.05, 4.69) is 5.43 Å². The van der Waals surface area contributed by atoms with Gasteiger partial charge < -0.3 is 0 Å². The average Bonchev–Trinajstić information content (AvgIpc) is 2.98. The summed E-state index contributed by atoms with van der Waals surface area (Å²) in [6.07, 6.45) is 3.45. The molecule has 0 spiro atoms. The number of imide groups is 1. The van der Waals surface area contributed by atoms with Gasteiger partial charge in [-0.25, -0.2) is 0 Å². The zero-order chi connectivity index (χ0) is 14.3. The van der Waals surface area contributed by atoms with Crippen LogP contribution in [0.3, 0.4) is 0 Å². The summed E-state index contributed by atoms with van der Waals surface area (Å²) in [6.45, 7) is 1.90. The van der Waals surface area contributed by atoms with E-state index >= 15 is 0 Å². The maximum absolute atomic E-state index is 12.2. The zero-order valence-electron chi connectivity index (χ0n) is 11.2. The second-order valence-electron chi connectivity index (χ2n) is 5.40. The molecular formula is C14H16N2O3S. The minimum atomic E-state index is -0.394. The van der Waals surface area contributed by atoms with E-state index in [1.165, 1.54) is 11.3 Å². The van der Waals surface area contributed by atoms with Gasteiger partial charge in [0.15, 0.2) is 0 Å². The van der Waals surface area contributed by atoms with Gasteiger partial charge in [0.1, 0.15) is 0 Å². The number of hydrogen-bond acceptors (Lipinski definition) is 4. The van der Waals surface area contributed by atoms with Crippen LogP contribution in [0, 0.1) is 18.8 Å². The third-order valence-corrected chi connectivity index (χ3v) is 4.91. The van der Waals surface area contributed by atoms with E-state index in [9.17, 15) is 14.4 Å². The highest BCUT2D eigenvalue weighted by Gasteiger charge is 2.49. The lowest BCUT2D eigenvalue weighted by Crippen LogP contribution is -2.46. The number of hydrogen-bond donors (Lipinski definition) is 1. The minimum absolute atomic E-state index is 0.235. The Morgan fingerprint density at radius 2 is 1.85 bits per heavy atom. The molecule has 2 unspecified atom stereocenters. The lowest BCUT2D eigenvalue weighted by atomic mass is 9.81. The van der Waals surface area contributed by atoms with Crippen LogP contribution in [0.15, 0.2) is 11.4 Å². The molecule has 2 fully saturated rings. The quantitative estimate of drug-likeness (QED) is 0.846. The molecule has 106 valence electrons. The van der Waals surface area contributed by atoms with Crippen molar-refractivity contribution < 1.29 is 14.4 Å². The molecule has 2 aliphatic rings. The molecule has 3 amide bonds. The van der Waals surface area contributed by atoms with Gasteiger partial charge in [-0.05, 0) is 25.8 Å². The molecule has 5 nitrogen and oxygen atoms in total. The third kappa shape index (κ3) is 2.14. The molecule has 1 aromatic rings. The number of carbonyl (C=O) groups excluding carboxylic acids is 3. The lowest BCUT2D eigenvalue weighted by molar-refractivity contribution is -0.142. The molecule has 3 rings (SSSR count). The zero-order valence-corrected chi connectivity index (χ0v) is 12.0. The van der Waals surface area contributed by atoms with Crippen molar-refractivity contribution in [3.8, 4) is 0 Å². The van der Waals surface area contributed by atoms with Gasteiger partial charge in [-0.3, -0.25) is 19.8 Å². The molecule has 1 aliphatic heterocycles. The van der Waals surface area contributed by atoms with Crippen molar-refractivity contribution in [1.29, 1.82) is 0 Å². The Kier molecular flexibility index (Phi) is 3.33. The normalized spacial score (nSPS) is 25.8. The number of amides is 3. The van der Waals surface area contributed by atoms with Crippen LogP contribution in [0.25, 0.3) is 0 Å². The molecule has 0 bridgehead atoms. The summed E-state index contributed by atoms with van der Waals surface area (Å²) < 4.78 is 0. The van der Waals surface area contributed by atoms with Crippen LogP contribution < -0.4 is 5.43 Å². The second kappa shape index (κ2) is 5.01. The smallest absolute Gasteiger partial charge is 0.271 e. The van der Waals surface area contributed by atoms with Crippen LogP contribution in [0.2, 0.25) is 0 Å². The Morgan fingerprint density at radius 3 is 2.35 bits per heavy atom. The van der Waals surface area contributed by atoms with Crippen molar-refractivity contribution in [3.63, 3.8) is 0 Å². The first-order chi connectivity index (χ1) is 9.58. The highest BCUT2D eigenvalue weighted by Crippen LogP contribution is 2.37. The highest BCUT2D eigenvalue weighted by atomic mass is 32.1. The molecule has 1 aliphatic carbocycles. The highest BCUT2D eigenvalue weighted by molar-refractivity contribution is 7.10. The topological polar surface area (TPSA) is 66.5 Å². The van der Waals surface area contributed by atoms with Gasteiger partial charge in [0.05, 0.1) is 17.4 Å². The van der Waals surface area contributed by atoms with Crippen molar-refractivity contribution in [2.45, 2.75) is 32.6 Å². The van der Waals surface area contributed by atoms with E-state index in [0.717, 1.165) is 35.6 Å². The first-order valence-electron chi connectivity index (χ1n) is 6.82. The van der Waals surface area contributed by atoms with E-state index in [0.29, 0.717) is 5.56 Å². The van der Waals surface area contributed by atoms with Crippen molar-refractivity contribution in [1.82, 2.24) is 10.4 Å². The predicted octanol–water partition coefficient (Wildman–Crippen LogP) is 1.88. The third-order valence-electron chi connectivity index (χ3n) is 4.05. The Bertz CT molecular complexity index is 557. The Hall–Kier alpha value is -1.69. The van der Waals surface area contributed by atoms with Gasteiger partial charge in [-0.15, -0.1) is 11.3 Å². The first-order valence-corrected chi connectivity index (χ1v) is 7.70. The molecule has 1 saturated carbocycles. The van der Waals surface area contributed by atoms with E-state index in [1.807, 2.05) is 6.92 Å². The first kappa shape index (κ1) is 13.3. The SMILES string of the molecule is Cc1cc(C(=O)NN2C(=O)C3CCCCC3C2=O)cs1. The van der Waals surface area contributed by atoms with E-state index in [4.69, 9.17) is 0 Å². The van der Waals surface area contributed by atoms with Gasteiger partial charge in [0.25, 0.3) is 17.7 Å². The van der Waals surface area contributed by atoms with Crippen molar-refractivity contribution in [3.05, 3.63) is 21.9 Å². The molecule has 20 heavy (non-hydrogen) atoms. The van der Waals surface area contributed by atoms with Crippen LogP contribution in [0.4, 0.5) is 0 Å². The summed E-state index contributed by atoms with van der Waals surface area (Å²) >= 11 is 1.46. The van der Waals surface area contributed by atoms with E-state index in [1.54, 1.807) is 11.4 Å². The number of thiophene rings is 1. The minimum Gasteiger partial charge on any atom is -0.272 e. The summed E-state index contributed by atoms with van der Waals surface area (Å²) in [5.41, 5.74) is 2.96. The molecule has 1 saturated heterocycles. The van der Waals surface area contributed by atoms with Crippen LogP contribution in [0.1, 0.15) is 40.9 Å². The Balaban J connectivity index is 1.75. The largest absolute Gasteiger partial charge is 0.272 e. The van der Waals surface area contributed by atoms with Gasteiger partial charge in [-0.2, -0.15) is 5.01 Å². The van der Waals surface area contributed by atoms with Crippen LogP contribution >= 0.6 is 11.3 Å². The number of hydrazine groups is 1. The monoisotopic (exact) mass is 292 g/mol. The van der Waals surface area contributed by atoms with Gasteiger partial charge >= 0.3 is 0 Å². The number of nitrogens with one attached hydrogen (secondary N) is 1. The molecule has 0 aromatic carbocycles. The summed E-state index contributed by atoms with van der Waals surface area (Å²) in [5.74, 6) is -1.36. The number of nitrogens with zero attached hydrogens (tertiary/aromatic N) is 1. The van der Waals surface area contributed by atoms with E-state index < -0.39 is 5.91 Å². The molecule has 1 N–H and O–H groups in total. The fourth-order valence-electron chi connectivity index (χ4n) is 3.00. The molecular weight excluding hydrogens is 276 g/mol. The fraction of sp³-hybridized carbons (Fsp3) is 0.500. The molecule has 0 radical (unpaired) electrons. The van der Waals surface area contributed by atoms with Crippen LogP contribution in [0.5, 0.6) is 0 Å². The number of rotatable bonds is 2.